The van der Waals surface area contributed by atoms with E-state index in [1.807, 2.05) is 0 Å². The SMILES string of the molecule is Nc1ccc(C(=O)O)cc1NCc1cc(Br)ccc1F. The summed E-state index contributed by atoms with van der Waals surface area (Å²) < 4.78 is 14.4. The summed E-state index contributed by atoms with van der Waals surface area (Å²) in [7, 11) is 0. The van der Waals surface area contributed by atoms with Crippen molar-refractivity contribution >= 4 is 33.3 Å². The van der Waals surface area contributed by atoms with Crippen molar-refractivity contribution in [3.05, 3.63) is 57.8 Å². The zero-order valence-electron chi connectivity index (χ0n) is 10.4. The molecule has 0 bridgehead atoms. The fourth-order valence-electron chi connectivity index (χ4n) is 1.71. The molecule has 0 aliphatic rings. The Morgan fingerprint density at radius 1 is 1.30 bits per heavy atom. The van der Waals surface area contributed by atoms with E-state index >= 15 is 0 Å². The van der Waals surface area contributed by atoms with E-state index in [0.29, 0.717) is 16.9 Å². The molecule has 2 aromatic carbocycles. The topological polar surface area (TPSA) is 75.4 Å². The molecular formula is C14H12BrFN2O2. The summed E-state index contributed by atoms with van der Waals surface area (Å²) in [6, 6.07) is 8.97. The normalized spacial score (nSPS) is 10.3. The number of hydrogen-bond acceptors (Lipinski definition) is 3. The summed E-state index contributed by atoms with van der Waals surface area (Å²) in [5.74, 6) is -1.38. The minimum Gasteiger partial charge on any atom is -0.478 e. The zero-order chi connectivity index (χ0) is 14.7. The number of anilines is 2. The third-order valence-corrected chi connectivity index (χ3v) is 3.27. The highest BCUT2D eigenvalue weighted by atomic mass is 79.9. The standard InChI is InChI=1S/C14H12BrFN2O2/c15-10-2-3-11(16)9(5-10)7-18-13-6-8(14(19)20)1-4-12(13)17/h1-6,18H,7,17H2,(H,19,20). The molecule has 0 saturated heterocycles. The van der Waals surface area contributed by atoms with Crippen LogP contribution in [0.25, 0.3) is 0 Å². The molecule has 0 aliphatic heterocycles. The fraction of sp³-hybridized carbons (Fsp3) is 0.0714. The van der Waals surface area contributed by atoms with Crippen molar-refractivity contribution in [3.8, 4) is 0 Å². The smallest absolute Gasteiger partial charge is 0.335 e. The Morgan fingerprint density at radius 3 is 2.75 bits per heavy atom. The Kier molecular flexibility index (Phi) is 4.24. The number of nitrogen functional groups attached to an aromatic ring is 1. The number of halogens is 2. The average Bonchev–Trinajstić information content (AvgIpc) is 2.41. The number of carboxylic acid groups (broad SMARTS) is 1. The molecule has 6 heteroatoms. The summed E-state index contributed by atoms with van der Waals surface area (Å²) in [6.45, 7) is 0.207. The molecule has 0 amide bonds. The Bertz CT molecular complexity index is 662. The van der Waals surface area contributed by atoms with Crippen molar-refractivity contribution in [2.75, 3.05) is 11.1 Å². The van der Waals surface area contributed by atoms with Gasteiger partial charge in [-0.25, -0.2) is 9.18 Å². The Balaban J connectivity index is 2.20. The number of aromatic carboxylic acids is 1. The lowest BCUT2D eigenvalue weighted by Gasteiger charge is -2.11. The van der Waals surface area contributed by atoms with Crippen LogP contribution >= 0.6 is 15.9 Å². The van der Waals surface area contributed by atoms with Crippen LogP contribution in [0.1, 0.15) is 15.9 Å². The van der Waals surface area contributed by atoms with Crippen molar-refractivity contribution in [3.63, 3.8) is 0 Å². The summed E-state index contributed by atoms with van der Waals surface area (Å²) in [4.78, 5) is 10.9. The minimum atomic E-state index is -1.04. The molecule has 20 heavy (non-hydrogen) atoms. The summed E-state index contributed by atoms with van der Waals surface area (Å²) in [5.41, 5.74) is 7.21. The number of benzene rings is 2. The highest BCUT2D eigenvalue weighted by molar-refractivity contribution is 9.10. The third-order valence-electron chi connectivity index (χ3n) is 2.78. The van der Waals surface area contributed by atoms with Crippen molar-refractivity contribution < 1.29 is 14.3 Å². The number of nitrogens with two attached hydrogens (primary N) is 1. The molecule has 4 N–H and O–H groups in total. The van der Waals surface area contributed by atoms with Gasteiger partial charge in [-0.3, -0.25) is 0 Å². The lowest BCUT2D eigenvalue weighted by Crippen LogP contribution is -2.06. The second-order valence-electron chi connectivity index (χ2n) is 4.20. The molecule has 0 atom stereocenters. The van der Waals surface area contributed by atoms with E-state index < -0.39 is 5.97 Å². The Labute approximate surface area is 123 Å². The van der Waals surface area contributed by atoms with Gasteiger partial charge in [-0.05, 0) is 36.4 Å². The predicted molar refractivity (Wildman–Crippen MR) is 79.2 cm³/mol. The second-order valence-corrected chi connectivity index (χ2v) is 5.11. The first kappa shape index (κ1) is 14.3. The van der Waals surface area contributed by atoms with Crippen molar-refractivity contribution in [1.82, 2.24) is 0 Å². The maximum atomic E-state index is 13.6. The van der Waals surface area contributed by atoms with Gasteiger partial charge >= 0.3 is 5.97 Å². The van der Waals surface area contributed by atoms with Crippen LogP contribution in [0.15, 0.2) is 40.9 Å². The Morgan fingerprint density at radius 2 is 2.05 bits per heavy atom. The van der Waals surface area contributed by atoms with Gasteiger partial charge in [-0.2, -0.15) is 0 Å². The van der Waals surface area contributed by atoms with Crippen LogP contribution in [-0.2, 0) is 6.54 Å². The molecule has 0 spiro atoms. The number of carboxylic acids is 1. The summed E-state index contributed by atoms with van der Waals surface area (Å²) in [5, 5.41) is 11.9. The number of nitrogens with one attached hydrogen (secondary N) is 1. The van der Waals surface area contributed by atoms with Gasteiger partial charge in [-0.15, -0.1) is 0 Å². The molecule has 2 aromatic rings. The van der Waals surface area contributed by atoms with Crippen LogP contribution in [0.3, 0.4) is 0 Å². The van der Waals surface area contributed by atoms with Gasteiger partial charge in [0.15, 0.2) is 0 Å². The number of rotatable bonds is 4. The van der Waals surface area contributed by atoms with Crippen LogP contribution < -0.4 is 11.1 Å². The van der Waals surface area contributed by atoms with E-state index in [2.05, 4.69) is 21.2 Å². The van der Waals surface area contributed by atoms with Gasteiger partial charge in [0.1, 0.15) is 5.82 Å². The van der Waals surface area contributed by atoms with E-state index in [0.717, 1.165) is 4.47 Å². The molecule has 0 unspecified atom stereocenters. The van der Waals surface area contributed by atoms with Crippen molar-refractivity contribution in [1.29, 1.82) is 0 Å². The summed E-state index contributed by atoms with van der Waals surface area (Å²) in [6.07, 6.45) is 0. The van der Waals surface area contributed by atoms with Crippen LogP contribution in [-0.4, -0.2) is 11.1 Å². The van der Waals surface area contributed by atoms with E-state index in [9.17, 15) is 9.18 Å². The first-order valence-corrected chi connectivity index (χ1v) is 6.57. The summed E-state index contributed by atoms with van der Waals surface area (Å²) >= 11 is 3.27. The molecule has 4 nitrogen and oxygen atoms in total. The van der Waals surface area contributed by atoms with E-state index in [1.165, 1.54) is 24.3 Å². The van der Waals surface area contributed by atoms with E-state index in [1.54, 1.807) is 12.1 Å². The monoisotopic (exact) mass is 338 g/mol. The van der Waals surface area contributed by atoms with Crippen molar-refractivity contribution in [2.24, 2.45) is 0 Å². The van der Waals surface area contributed by atoms with Gasteiger partial charge < -0.3 is 16.2 Å². The lowest BCUT2D eigenvalue weighted by molar-refractivity contribution is 0.0697. The van der Waals surface area contributed by atoms with Gasteiger partial charge in [0, 0.05) is 16.6 Å². The predicted octanol–water partition coefficient (Wildman–Crippen LogP) is 3.48. The molecule has 0 heterocycles. The highest BCUT2D eigenvalue weighted by Crippen LogP contribution is 2.22. The van der Waals surface area contributed by atoms with E-state index in [4.69, 9.17) is 10.8 Å². The molecule has 0 fully saturated rings. The number of carbonyl (C=O) groups is 1. The van der Waals surface area contributed by atoms with Crippen LogP contribution in [0.2, 0.25) is 0 Å². The maximum absolute atomic E-state index is 13.6. The largest absolute Gasteiger partial charge is 0.478 e. The van der Waals surface area contributed by atoms with Crippen LogP contribution in [0.4, 0.5) is 15.8 Å². The molecule has 0 radical (unpaired) electrons. The minimum absolute atomic E-state index is 0.122. The third kappa shape index (κ3) is 3.27. The quantitative estimate of drug-likeness (QED) is 0.746. The average molecular weight is 339 g/mol. The first-order chi connectivity index (χ1) is 9.47. The van der Waals surface area contributed by atoms with Crippen LogP contribution in [0.5, 0.6) is 0 Å². The zero-order valence-corrected chi connectivity index (χ0v) is 11.9. The number of hydrogen-bond donors (Lipinski definition) is 3. The van der Waals surface area contributed by atoms with Crippen molar-refractivity contribution in [2.45, 2.75) is 6.54 Å². The highest BCUT2D eigenvalue weighted by Gasteiger charge is 2.08. The van der Waals surface area contributed by atoms with Gasteiger partial charge in [0.05, 0.1) is 16.9 Å². The second kappa shape index (κ2) is 5.92. The first-order valence-electron chi connectivity index (χ1n) is 5.78. The molecular weight excluding hydrogens is 327 g/mol. The molecule has 104 valence electrons. The van der Waals surface area contributed by atoms with Gasteiger partial charge in [-0.1, -0.05) is 15.9 Å². The fourth-order valence-corrected chi connectivity index (χ4v) is 2.12. The van der Waals surface area contributed by atoms with Gasteiger partial charge in [0.25, 0.3) is 0 Å². The molecule has 2 rings (SSSR count). The van der Waals surface area contributed by atoms with E-state index in [-0.39, 0.29) is 17.9 Å². The van der Waals surface area contributed by atoms with Crippen LogP contribution in [0, 0.1) is 5.82 Å². The molecule has 0 saturated carbocycles. The molecule has 0 aliphatic carbocycles. The lowest BCUT2D eigenvalue weighted by atomic mass is 10.1. The molecule has 0 aromatic heterocycles. The Hall–Kier alpha value is -2.08. The van der Waals surface area contributed by atoms with Gasteiger partial charge in [0.2, 0.25) is 0 Å². The maximum Gasteiger partial charge on any atom is 0.335 e.